The summed E-state index contributed by atoms with van der Waals surface area (Å²) in [6, 6.07) is 17.4. The van der Waals surface area contributed by atoms with Gasteiger partial charge in [0.15, 0.2) is 0 Å². The molecule has 1 fully saturated rings. The van der Waals surface area contributed by atoms with Crippen molar-refractivity contribution >= 4 is 17.3 Å². The number of halogens is 1. The van der Waals surface area contributed by atoms with Gasteiger partial charge in [-0.15, -0.1) is 0 Å². The van der Waals surface area contributed by atoms with Gasteiger partial charge in [-0.05, 0) is 61.1 Å². The Morgan fingerprint density at radius 3 is 2.58 bits per heavy atom. The molecule has 1 aliphatic rings. The highest BCUT2D eigenvalue weighted by molar-refractivity contribution is 6.30. The zero-order chi connectivity index (χ0) is 13.2. The molecule has 0 heterocycles. The summed E-state index contributed by atoms with van der Waals surface area (Å²) in [4.78, 5) is 0. The maximum Gasteiger partial charge on any atom is 0.0408 e. The average Bonchev–Trinajstić information content (AvgIpc) is 2.33. The lowest BCUT2D eigenvalue weighted by molar-refractivity contribution is 0.374. The highest BCUT2D eigenvalue weighted by Gasteiger charge is 2.30. The number of hydrogen-bond acceptors (Lipinski definition) is 1. The van der Waals surface area contributed by atoms with Crippen LogP contribution in [0.15, 0.2) is 48.5 Å². The van der Waals surface area contributed by atoms with Crippen molar-refractivity contribution in [2.75, 3.05) is 5.32 Å². The molecule has 0 atom stereocenters. The standard InChI is InChI=1S/C17H18ClN/c1-12-4-2-7-16(8-12)19-17-10-14(11-17)13-5-3-6-15(18)9-13/h2-9,14,17,19H,10-11H2,1H3. The van der Waals surface area contributed by atoms with Crippen molar-refractivity contribution in [1.82, 2.24) is 0 Å². The van der Waals surface area contributed by atoms with Crippen LogP contribution in [0.4, 0.5) is 5.69 Å². The van der Waals surface area contributed by atoms with E-state index in [2.05, 4.69) is 48.6 Å². The van der Waals surface area contributed by atoms with Gasteiger partial charge in [-0.3, -0.25) is 0 Å². The first kappa shape index (κ1) is 12.6. The van der Waals surface area contributed by atoms with Crippen LogP contribution in [0.1, 0.15) is 29.9 Å². The fourth-order valence-electron chi connectivity index (χ4n) is 2.74. The van der Waals surface area contributed by atoms with Gasteiger partial charge in [-0.25, -0.2) is 0 Å². The minimum atomic E-state index is 0.589. The maximum absolute atomic E-state index is 6.04. The number of anilines is 1. The number of nitrogens with one attached hydrogen (secondary N) is 1. The molecular formula is C17H18ClN. The molecule has 0 aromatic heterocycles. The molecule has 1 saturated carbocycles. The molecule has 98 valence electrons. The van der Waals surface area contributed by atoms with Gasteiger partial charge in [-0.2, -0.15) is 0 Å². The van der Waals surface area contributed by atoms with Crippen LogP contribution in [0.5, 0.6) is 0 Å². The van der Waals surface area contributed by atoms with E-state index in [9.17, 15) is 0 Å². The van der Waals surface area contributed by atoms with Crippen LogP contribution >= 0.6 is 11.6 Å². The topological polar surface area (TPSA) is 12.0 Å². The van der Waals surface area contributed by atoms with Crippen LogP contribution in [0.2, 0.25) is 5.02 Å². The minimum Gasteiger partial charge on any atom is -0.382 e. The number of aryl methyl sites for hydroxylation is 1. The lowest BCUT2D eigenvalue weighted by Gasteiger charge is -2.37. The van der Waals surface area contributed by atoms with Gasteiger partial charge in [0.25, 0.3) is 0 Å². The Balaban J connectivity index is 1.58. The number of hydrogen-bond donors (Lipinski definition) is 1. The van der Waals surface area contributed by atoms with Crippen molar-refractivity contribution in [2.24, 2.45) is 0 Å². The Labute approximate surface area is 119 Å². The highest BCUT2D eigenvalue weighted by Crippen LogP contribution is 2.39. The Morgan fingerprint density at radius 1 is 1.05 bits per heavy atom. The molecule has 0 bridgehead atoms. The third kappa shape index (κ3) is 2.93. The molecule has 19 heavy (non-hydrogen) atoms. The van der Waals surface area contributed by atoms with Gasteiger partial charge >= 0.3 is 0 Å². The van der Waals surface area contributed by atoms with Gasteiger partial charge in [0.05, 0.1) is 0 Å². The van der Waals surface area contributed by atoms with Crippen LogP contribution in [-0.4, -0.2) is 6.04 Å². The third-order valence-corrected chi connectivity index (χ3v) is 4.08. The van der Waals surface area contributed by atoms with Crippen molar-refractivity contribution in [3.8, 4) is 0 Å². The first-order valence-electron chi connectivity index (χ1n) is 6.79. The van der Waals surface area contributed by atoms with Gasteiger partial charge in [0.1, 0.15) is 0 Å². The Hall–Kier alpha value is -1.47. The second-order valence-corrected chi connectivity index (χ2v) is 5.87. The summed E-state index contributed by atoms with van der Waals surface area (Å²) in [5.74, 6) is 0.654. The second-order valence-electron chi connectivity index (χ2n) is 5.43. The van der Waals surface area contributed by atoms with E-state index in [-0.39, 0.29) is 0 Å². The van der Waals surface area contributed by atoms with E-state index in [1.54, 1.807) is 0 Å². The molecule has 0 aliphatic heterocycles. The van der Waals surface area contributed by atoms with Crippen molar-refractivity contribution in [3.05, 3.63) is 64.7 Å². The molecule has 1 nitrogen and oxygen atoms in total. The highest BCUT2D eigenvalue weighted by atomic mass is 35.5. The Bertz CT molecular complexity index is 573. The molecule has 0 saturated heterocycles. The summed E-state index contributed by atoms with van der Waals surface area (Å²) in [7, 11) is 0. The van der Waals surface area contributed by atoms with Crippen LogP contribution in [0.3, 0.4) is 0 Å². The molecule has 0 amide bonds. The van der Waals surface area contributed by atoms with Crippen LogP contribution < -0.4 is 5.32 Å². The zero-order valence-electron chi connectivity index (χ0n) is 11.1. The number of benzene rings is 2. The summed E-state index contributed by atoms with van der Waals surface area (Å²) in [6.45, 7) is 2.13. The quantitative estimate of drug-likeness (QED) is 0.828. The predicted molar refractivity (Wildman–Crippen MR) is 82.0 cm³/mol. The summed E-state index contributed by atoms with van der Waals surface area (Å²) in [5, 5.41) is 4.44. The van der Waals surface area contributed by atoms with Crippen LogP contribution in [0.25, 0.3) is 0 Å². The first-order chi connectivity index (χ1) is 9.20. The summed E-state index contributed by atoms with van der Waals surface area (Å²) in [5.41, 5.74) is 3.90. The third-order valence-electron chi connectivity index (χ3n) is 3.85. The smallest absolute Gasteiger partial charge is 0.0408 e. The fraction of sp³-hybridized carbons (Fsp3) is 0.294. The molecule has 2 aromatic rings. The van der Waals surface area contributed by atoms with E-state index < -0.39 is 0 Å². The molecule has 1 N–H and O–H groups in total. The lowest BCUT2D eigenvalue weighted by Crippen LogP contribution is -2.33. The van der Waals surface area contributed by atoms with E-state index in [4.69, 9.17) is 11.6 Å². The Morgan fingerprint density at radius 2 is 1.84 bits per heavy atom. The molecule has 3 rings (SSSR count). The summed E-state index contributed by atoms with van der Waals surface area (Å²) < 4.78 is 0. The van der Waals surface area contributed by atoms with Crippen LogP contribution in [-0.2, 0) is 0 Å². The van der Waals surface area contributed by atoms with E-state index >= 15 is 0 Å². The Kier molecular flexibility index (Phi) is 3.48. The van der Waals surface area contributed by atoms with Crippen LogP contribution in [0, 0.1) is 6.92 Å². The second kappa shape index (κ2) is 5.26. The normalized spacial score (nSPS) is 21.8. The van der Waals surface area contributed by atoms with Crippen molar-refractivity contribution in [3.63, 3.8) is 0 Å². The monoisotopic (exact) mass is 271 g/mol. The molecule has 1 aliphatic carbocycles. The van der Waals surface area contributed by atoms with E-state index in [1.807, 2.05) is 12.1 Å². The summed E-state index contributed by atoms with van der Waals surface area (Å²) in [6.07, 6.45) is 2.38. The first-order valence-corrected chi connectivity index (χ1v) is 7.17. The van der Waals surface area contributed by atoms with E-state index in [0.29, 0.717) is 12.0 Å². The molecule has 0 radical (unpaired) electrons. The number of rotatable bonds is 3. The summed E-state index contributed by atoms with van der Waals surface area (Å²) >= 11 is 6.04. The fourth-order valence-corrected chi connectivity index (χ4v) is 2.94. The molecule has 2 heteroatoms. The lowest BCUT2D eigenvalue weighted by atomic mass is 9.76. The maximum atomic E-state index is 6.04. The van der Waals surface area contributed by atoms with Gasteiger partial charge in [0, 0.05) is 16.8 Å². The van der Waals surface area contributed by atoms with E-state index in [1.165, 1.54) is 29.7 Å². The van der Waals surface area contributed by atoms with Gasteiger partial charge in [-0.1, -0.05) is 35.9 Å². The SMILES string of the molecule is Cc1cccc(NC2CC(c3cccc(Cl)c3)C2)c1. The zero-order valence-corrected chi connectivity index (χ0v) is 11.8. The largest absolute Gasteiger partial charge is 0.382 e. The molecular weight excluding hydrogens is 254 g/mol. The van der Waals surface area contributed by atoms with Crippen molar-refractivity contribution in [2.45, 2.75) is 31.7 Å². The molecule has 0 unspecified atom stereocenters. The minimum absolute atomic E-state index is 0.589. The van der Waals surface area contributed by atoms with Crippen molar-refractivity contribution in [1.29, 1.82) is 0 Å². The average molecular weight is 272 g/mol. The predicted octanol–water partition coefficient (Wildman–Crippen LogP) is 5.01. The molecule has 0 spiro atoms. The van der Waals surface area contributed by atoms with Gasteiger partial charge in [0.2, 0.25) is 0 Å². The van der Waals surface area contributed by atoms with Gasteiger partial charge < -0.3 is 5.32 Å². The van der Waals surface area contributed by atoms with E-state index in [0.717, 1.165) is 5.02 Å². The molecule has 2 aromatic carbocycles. The van der Waals surface area contributed by atoms with Crippen molar-refractivity contribution < 1.29 is 0 Å².